The Morgan fingerprint density at radius 3 is 3.00 bits per heavy atom. The normalized spacial score (nSPS) is 9.94. The molecule has 0 bridgehead atoms. The molecule has 1 aromatic rings. The number of nitrogens with one attached hydrogen (secondary N) is 1. The van der Waals surface area contributed by atoms with Crippen LogP contribution in [0.4, 0.5) is 10.5 Å². The molecule has 1 heterocycles. The van der Waals surface area contributed by atoms with Crippen LogP contribution in [-0.2, 0) is 0 Å². The molecular weight excluding hydrogens is 226 g/mol. The number of rotatable bonds is 4. The lowest BCUT2D eigenvalue weighted by atomic mass is 10.3. The van der Waals surface area contributed by atoms with E-state index in [0.717, 1.165) is 19.4 Å². The molecule has 5 heteroatoms. The molecule has 0 spiro atoms. The van der Waals surface area contributed by atoms with Crippen LogP contribution < -0.4 is 5.32 Å². The van der Waals surface area contributed by atoms with Crippen LogP contribution in [0.15, 0.2) is 18.3 Å². The summed E-state index contributed by atoms with van der Waals surface area (Å²) in [5.74, 6) is 0. The lowest BCUT2D eigenvalue weighted by Crippen LogP contribution is -2.32. The van der Waals surface area contributed by atoms with E-state index in [2.05, 4.69) is 17.2 Å². The second-order valence-corrected chi connectivity index (χ2v) is 3.96. The fourth-order valence-electron chi connectivity index (χ4n) is 1.20. The number of halogens is 1. The number of pyridine rings is 1. The highest BCUT2D eigenvalue weighted by atomic mass is 35.5. The fraction of sp³-hybridized carbons (Fsp3) is 0.455. The van der Waals surface area contributed by atoms with Gasteiger partial charge in [-0.1, -0.05) is 24.9 Å². The first kappa shape index (κ1) is 12.8. The van der Waals surface area contributed by atoms with Crippen LogP contribution in [0.1, 0.15) is 19.8 Å². The molecule has 2 amide bonds. The first-order chi connectivity index (χ1) is 7.63. The average molecular weight is 242 g/mol. The lowest BCUT2D eigenvalue weighted by Gasteiger charge is -2.17. The standard InChI is InChI=1S/C11H16ClN3O/c1-3-4-7-15(2)11(16)14-9-5-6-13-10(12)8-9/h5-6,8H,3-4,7H2,1-2H3,(H,13,14,16). The van der Waals surface area contributed by atoms with Gasteiger partial charge >= 0.3 is 6.03 Å². The van der Waals surface area contributed by atoms with Crippen LogP contribution in [0.2, 0.25) is 5.15 Å². The minimum Gasteiger partial charge on any atom is -0.328 e. The Kier molecular flexibility index (Phi) is 5.05. The number of nitrogens with zero attached hydrogens (tertiary/aromatic N) is 2. The van der Waals surface area contributed by atoms with E-state index in [4.69, 9.17) is 11.6 Å². The highest BCUT2D eigenvalue weighted by Gasteiger charge is 2.07. The zero-order valence-corrected chi connectivity index (χ0v) is 10.3. The van der Waals surface area contributed by atoms with Gasteiger partial charge < -0.3 is 10.2 Å². The van der Waals surface area contributed by atoms with E-state index in [9.17, 15) is 4.79 Å². The van der Waals surface area contributed by atoms with Crippen molar-refractivity contribution in [2.24, 2.45) is 0 Å². The van der Waals surface area contributed by atoms with Crippen LogP contribution in [-0.4, -0.2) is 29.5 Å². The van der Waals surface area contributed by atoms with Crippen molar-refractivity contribution < 1.29 is 4.79 Å². The number of hydrogen-bond acceptors (Lipinski definition) is 2. The zero-order chi connectivity index (χ0) is 12.0. The molecule has 0 aliphatic heterocycles. The smallest absolute Gasteiger partial charge is 0.321 e. The van der Waals surface area contributed by atoms with Crippen molar-refractivity contribution in [1.82, 2.24) is 9.88 Å². The van der Waals surface area contributed by atoms with Crippen molar-refractivity contribution in [3.8, 4) is 0 Å². The Morgan fingerprint density at radius 1 is 1.62 bits per heavy atom. The van der Waals surface area contributed by atoms with Gasteiger partial charge in [0.1, 0.15) is 5.15 Å². The van der Waals surface area contributed by atoms with Crippen LogP contribution in [0.25, 0.3) is 0 Å². The van der Waals surface area contributed by atoms with E-state index < -0.39 is 0 Å². The monoisotopic (exact) mass is 241 g/mol. The summed E-state index contributed by atoms with van der Waals surface area (Å²) in [7, 11) is 1.77. The molecule has 88 valence electrons. The van der Waals surface area contributed by atoms with Crippen LogP contribution in [0, 0.1) is 0 Å². The van der Waals surface area contributed by atoms with Gasteiger partial charge in [0.15, 0.2) is 0 Å². The summed E-state index contributed by atoms with van der Waals surface area (Å²) in [6.07, 6.45) is 3.63. The highest BCUT2D eigenvalue weighted by Crippen LogP contribution is 2.12. The first-order valence-corrected chi connectivity index (χ1v) is 5.65. The summed E-state index contributed by atoms with van der Waals surface area (Å²) in [6, 6.07) is 3.19. The Labute approximate surface area is 101 Å². The van der Waals surface area contributed by atoms with E-state index in [1.807, 2.05) is 0 Å². The summed E-state index contributed by atoms with van der Waals surface area (Å²) in [4.78, 5) is 17.2. The van der Waals surface area contributed by atoms with Gasteiger partial charge in [0.25, 0.3) is 0 Å². The Balaban J connectivity index is 2.50. The van der Waals surface area contributed by atoms with Gasteiger partial charge in [-0.15, -0.1) is 0 Å². The number of anilines is 1. The molecule has 0 saturated heterocycles. The van der Waals surface area contributed by atoms with Crippen molar-refractivity contribution in [3.05, 3.63) is 23.5 Å². The average Bonchev–Trinajstić information content (AvgIpc) is 2.25. The molecule has 0 aliphatic rings. The number of urea groups is 1. The van der Waals surface area contributed by atoms with Crippen LogP contribution in [0.3, 0.4) is 0 Å². The predicted octanol–water partition coefficient (Wildman–Crippen LogP) is 3.00. The van der Waals surface area contributed by atoms with Gasteiger partial charge in [-0.3, -0.25) is 0 Å². The molecule has 1 N–H and O–H groups in total. The molecular formula is C11H16ClN3O. The van der Waals surface area contributed by atoms with Gasteiger partial charge in [0, 0.05) is 25.5 Å². The third-order valence-corrected chi connectivity index (χ3v) is 2.38. The minimum atomic E-state index is -0.129. The van der Waals surface area contributed by atoms with E-state index >= 15 is 0 Å². The third-order valence-electron chi connectivity index (χ3n) is 2.17. The maximum atomic E-state index is 11.7. The Hall–Kier alpha value is -1.29. The zero-order valence-electron chi connectivity index (χ0n) is 9.53. The first-order valence-electron chi connectivity index (χ1n) is 5.27. The molecule has 4 nitrogen and oxygen atoms in total. The number of carbonyl (C=O) groups is 1. The number of amides is 2. The quantitative estimate of drug-likeness (QED) is 0.824. The Bertz CT molecular complexity index is 357. The molecule has 1 rings (SSSR count). The van der Waals surface area contributed by atoms with Crippen molar-refractivity contribution in [2.45, 2.75) is 19.8 Å². The molecule has 0 saturated carbocycles. The van der Waals surface area contributed by atoms with Crippen molar-refractivity contribution in [1.29, 1.82) is 0 Å². The molecule has 1 aromatic heterocycles. The molecule has 0 atom stereocenters. The van der Waals surface area contributed by atoms with Crippen LogP contribution >= 0.6 is 11.6 Å². The predicted molar refractivity (Wildman–Crippen MR) is 65.8 cm³/mol. The minimum absolute atomic E-state index is 0.129. The molecule has 0 radical (unpaired) electrons. The lowest BCUT2D eigenvalue weighted by molar-refractivity contribution is 0.222. The van der Waals surface area contributed by atoms with Crippen molar-refractivity contribution in [2.75, 3.05) is 18.9 Å². The summed E-state index contributed by atoms with van der Waals surface area (Å²) in [5, 5.41) is 3.12. The van der Waals surface area contributed by atoms with Crippen LogP contribution in [0.5, 0.6) is 0 Å². The number of hydrogen-bond donors (Lipinski definition) is 1. The van der Waals surface area contributed by atoms with Gasteiger partial charge in [-0.05, 0) is 18.6 Å². The van der Waals surface area contributed by atoms with E-state index in [0.29, 0.717) is 10.8 Å². The topological polar surface area (TPSA) is 45.2 Å². The molecule has 0 aliphatic carbocycles. The third kappa shape index (κ3) is 4.06. The maximum absolute atomic E-state index is 11.7. The SMILES string of the molecule is CCCCN(C)C(=O)Nc1ccnc(Cl)c1. The molecule has 16 heavy (non-hydrogen) atoms. The molecule has 0 aromatic carbocycles. The highest BCUT2D eigenvalue weighted by molar-refractivity contribution is 6.29. The second-order valence-electron chi connectivity index (χ2n) is 3.57. The number of unbranched alkanes of at least 4 members (excludes halogenated alkanes) is 1. The second kappa shape index (κ2) is 6.33. The maximum Gasteiger partial charge on any atom is 0.321 e. The van der Waals surface area contributed by atoms with Gasteiger partial charge in [-0.2, -0.15) is 0 Å². The van der Waals surface area contributed by atoms with E-state index in [1.165, 1.54) is 0 Å². The van der Waals surface area contributed by atoms with Gasteiger partial charge in [0.2, 0.25) is 0 Å². The fourth-order valence-corrected chi connectivity index (χ4v) is 1.37. The van der Waals surface area contributed by atoms with Crippen molar-refractivity contribution in [3.63, 3.8) is 0 Å². The van der Waals surface area contributed by atoms with E-state index in [-0.39, 0.29) is 6.03 Å². The van der Waals surface area contributed by atoms with Crippen molar-refractivity contribution >= 4 is 23.3 Å². The van der Waals surface area contributed by atoms with Gasteiger partial charge in [0.05, 0.1) is 0 Å². The largest absolute Gasteiger partial charge is 0.328 e. The van der Waals surface area contributed by atoms with E-state index in [1.54, 1.807) is 30.3 Å². The van der Waals surface area contributed by atoms with Gasteiger partial charge in [-0.25, -0.2) is 9.78 Å². The summed E-state index contributed by atoms with van der Waals surface area (Å²) >= 11 is 5.72. The Morgan fingerprint density at radius 2 is 2.38 bits per heavy atom. The summed E-state index contributed by atoms with van der Waals surface area (Å²) in [5.41, 5.74) is 0.661. The summed E-state index contributed by atoms with van der Waals surface area (Å²) < 4.78 is 0. The molecule has 0 unspecified atom stereocenters. The number of carbonyl (C=O) groups excluding carboxylic acids is 1. The number of aromatic nitrogens is 1. The molecule has 0 fully saturated rings. The summed E-state index contributed by atoms with van der Waals surface area (Å²) in [6.45, 7) is 2.84.